The van der Waals surface area contributed by atoms with E-state index in [4.69, 9.17) is 29.6 Å². The van der Waals surface area contributed by atoms with Crippen molar-refractivity contribution in [3.63, 3.8) is 0 Å². The van der Waals surface area contributed by atoms with Crippen molar-refractivity contribution in [1.82, 2.24) is 0 Å². The predicted octanol–water partition coefficient (Wildman–Crippen LogP) is 2.54. The standard InChI is InChI=1S/C12H17ClN2OS2/c1-8(5-6-18(2)16)15-11-4-3-9(13)7-10(11)12(14)17/h3-4,7-8,15H,5-6H2,1-2H3,(H2,14,17). The molecule has 0 aliphatic heterocycles. The molecular formula is C12H17ClN2OS2. The fourth-order valence-corrected chi connectivity index (χ4v) is 2.55. The second kappa shape index (κ2) is 7.07. The van der Waals surface area contributed by atoms with Gasteiger partial charge in [0, 0.05) is 45.1 Å². The Labute approximate surface area is 121 Å². The van der Waals surface area contributed by atoms with Crippen LogP contribution in [0.4, 0.5) is 5.69 Å². The van der Waals surface area contributed by atoms with Crippen molar-refractivity contribution < 1.29 is 4.21 Å². The lowest BCUT2D eigenvalue weighted by atomic mass is 10.1. The molecule has 1 aromatic carbocycles. The minimum atomic E-state index is -0.774. The van der Waals surface area contributed by atoms with Gasteiger partial charge in [0.1, 0.15) is 4.99 Å². The van der Waals surface area contributed by atoms with E-state index in [0.29, 0.717) is 15.8 Å². The SMILES string of the molecule is CC(CCS(C)=O)Nc1ccc(Cl)cc1C(N)=S. The molecule has 0 saturated heterocycles. The number of thiocarbonyl (C=S) groups is 1. The molecule has 0 aliphatic rings. The molecule has 2 unspecified atom stereocenters. The van der Waals surface area contributed by atoms with E-state index in [1.165, 1.54) is 0 Å². The molecule has 6 heteroatoms. The molecular weight excluding hydrogens is 288 g/mol. The maximum Gasteiger partial charge on any atom is 0.106 e. The zero-order valence-corrected chi connectivity index (χ0v) is 12.8. The van der Waals surface area contributed by atoms with Crippen LogP contribution in [0.1, 0.15) is 18.9 Å². The van der Waals surface area contributed by atoms with Crippen molar-refractivity contribution >= 4 is 45.3 Å². The van der Waals surface area contributed by atoms with Gasteiger partial charge in [-0.3, -0.25) is 4.21 Å². The number of halogens is 1. The van der Waals surface area contributed by atoms with E-state index in [1.54, 1.807) is 18.4 Å². The summed E-state index contributed by atoms with van der Waals surface area (Å²) in [7, 11) is -0.774. The van der Waals surface area contributed by atoms with Crippen molar-refractivity contribution in [2.24, 2.45) is 5.73 Å². The van der Waals surface area contributed by atoms with Gasteiger partial charge in [-0.05, 0) is 31.5 Å². The van der Waals surface area contributed by atoms with Crippen LogP contribution in [-0.2, 0) is 10.8 Å². The average Bonchev–Trinajstić information content (AvgIpc) is 2.28. The summed E-state index contributed by atoms with van der Waals surface area (Å²) in [6.07, 6.45) is 2.53. The van der Waals surface area contributed by atoms with E-state index in [1.807, 2.05) is 13.0 Å². The molecule has 0 aromatic heterocycles. The number of nitrogens with one attached hydrogen (secondary N) is 1. The van der Waals surface area contributed by atoms with Crippen LogP contribution in [0.2, 0.25) is 5.02 Å². The molecule has 0 saturated carbocycles. The lowest BCUT2D eigenvalue weighted by Gasteiger charge is -2.17. The van der Waals surface area contributed by atoms with E-state index in [2.05, 4.69) is 5.32 Å². The van der Waals surface area contributed by atoms with Crippen molar-refractivity contribution in [1.29, 1.82) is 0 Å². The molecule has 0 fully saturated rings. The molecule has 1 aromatic rings. The highest BCUT2D eigenvalue weighted by molar-refractivity contribution is 7.84. The number of benzene rings is 1. The van der Waals surface area contributed by atoms with Gasteiger partial charge in [0.05, 0.1) is 0 Å². The number of nitrogens with two attached hydrogens (primary N) is 1. The molecule has 0 radical (unpaired) electrons. The maximum atomic E-state index is 11.0. The Balaban J connectivity index is 2.77. The van der Waals surface area contributed by atoms with Gasteiger partial charge >= 0.3 is 0 Å². The van der Waals surface area contributed by atoms with Crippen LogP contribution in [0.15, 0.2) is 18.2 Å². The quantitative estimate of drug-likeness (QED) is 0.793. The third kappa shape index (κ3) is 4.92. The molecule has 2 atom stereocenters. The summed E-state index contributed by atoms with van der Waals surface area (Å²) >= 11 is 10.9. The van der Waals surface area contributed by atoms with Crippen LogP contribution >= 0.6 is 23.8 Å². The first-order valence-electron chi connectivity index (χ1n) is 5.56. The van der Waals surface area contributed by atoms with E-state index in [9.17, 15) is 4.21 Å². The molecule has 0 heterocycles. The third-order valence-electron chi connectivity index (χ3n) is 2.49. The monoisotopic (exact) mass is 304 g/mol. The fourth-order valence-electron chi connectivity index (χ4n) is 1.53. The molecule has 1 rings (SSSR count). The normalized spacial score (nSPS) is 13.9. The summed E-state index contributed by atoms with van der Waals surface area (Å²) in [6.45, 7) is 2.03. The molecule has 0 aliphatic carbocycles. The van der Waals surface area contributed by atoms with Gasteiger partial charge in [-0.2, -0.15) is 0 Å². The van der Waals surface area contributed by atoms with Crippen LogP contribution in [0.25, 0.3) is 0 Å². The van der Waals surface area contributed by atoms with Crippen molar-refractivity contribution in [3.8, 4) is 0 Å². The number of anilines is 1. The Kier molecular flexibility index (Phi) is 6.05. The predicted molar refractivity (Wildman–Crippen MR) is 84.0 cm³/mol. The summed E-state index contributed by atoms with van der Waals surface area (Å²) < 4.78 is 11.0. The van der Waals surface area contributed by atoms with Crippen molar-refractivity contribution in [2.75, 3.05) is 17.3 Å². The van der Waals surface area contributed by atoms with Crippen LogP contribution in [0, 0.1) is 0 Å². The van der Waals surface area contributed by atoms with Crippen LogP contribution in [0.5, 0.6) is 0 Å². The molecule has 0 bridgehead atoms. The Morgan fingerprint density at radius 1 is 1.61 bits per heavy atom. The van der Waals surface area contributed by atoms with E-state index >= 15 is 0 Å². The summed E-state index contributed by atoms with van der Waals surface area (Å²) in [5.41, 5.74) is 7.27. The van der Waals surface area contributed by atoms with E-state index in [-0.39, 0.29) is 6.04 Å². The summed E-state index contributed by atoms with van der Waals surface area (Å²) in [6, 6.07) is 5.59. The molecule has 3 N–H and O–H groups in total. The van der Waals surface area contributed by atoms with Gasteiger partial charge in [-0.15, -0.1) is 0 Å². The molecule has 100 valence electrons. The fraction of sp³-hybridized carbons (Fsp3) is 0.417. The zero-order valence-electron chi connectivity index (χ0n) is 10.4. The number of hydrogen-bond acceptors (Lipinski definition) is 3. The van der Waals surface area contributed by atoms with Crippen LogP contribution in [-0.4, -0.2) is 27.2 Å². The smallest absolute Gasteiger partial charge is 0.106 e. The largest absolute Gasteiger partial charge is 0.389 e. The Morgan fingerprint density at radius 2 is 2.28 bits per heavy atom. The lowest BCUT2D eigenvalue weighted by molar-refractivity contribution is 0.678. The number of rotatable bonds is 6. The summed E-state index contributed by atoms with van der Waals surface area (Å²) in [5, 5.41) is 3.92. The van der Waals surface area contributed by atoms with Crippen LogP contribution < -0.4 is 11.1 Å². The first kappa shape index (κ1) is 15.4. The molecule has 3 nitrogen and oxygen atoms in total. The van der Waals surface area contributed by atoms with Crippen LogP contribution in [0.3, 0.4) is 0 Å². The Morgan fingerprint density at radius 3 is 2.83 bits per heavy atom. The van der Waals surface area contributed by atoms with Gasteiger partial charge in [-0.1, -0.05) is 23.8 Å². The van der Waals surface area contributed by atoms with Gasteiger partial charge in [-0.25, -0.2) is 0 Å². The lowest BCUT2D eigenvalue weighted by Crippen LogP contribution is -2.21. The minimum Gasteiger partial charge on any atom is -0.389 e. The topological polar surface area (TPSA) is 55.1 Å². The summed E-state index contributed by atoms with van der Waals surface area (Å²) in [5.74, 6) is 0.671. The Hall–Kier alpha value is -0.650. The first-order valence-corrected chi connectivity index (χ1v) is 8.07. The van der Waals surface area contributed by atoms with Gasteiger partial charge in [0.25, 0.3) is 0 Å². The summed E-state index contributed by atoms with van der Waals surface area (Å²) in [4.78, 5) is 0.311. The number of hydrogen-bond donors (Lipinski definition) is 2. The second-order valence-corrected chi connectivity index (χ2v) is 6.60. The zero-order chi connectivity index (χ0) is 13.7. The van der Waals surface area contributed by atoms with Gasteiger partial charge in [0.15, 0.2) is 0 Å². The maximum absolute atomic E-state index is 11.0. The second-order valence-electron chi connectivity index (χ2n) is 4.17. The third-order valence-corrected chi connectivity index (χ3v) is 3.75. The van der Waals surface area contributed by atoms with Crippen molar-refractivity contribution in [2.45, 2.75) is 19.4 Å². The minimum absolute atomic E-state index is 0.197. The van der Waals surface area contributed by atoms with Crippen molar-refractivity contribution in [3.05, 3.63) is 28.8 Å². The first-order chi connectivity index (χ1) is 8.40. The average molecular weight is 305 g/mol. The molecule has 0 amide bonds. The highest BCUT2D eigenvalue weighted by Crippen LogP contribution is 2.21. The molecule has 0 spiro atoms. The Bertz CT molecular complexity index is 465. The van der Waals surface area contributed by atoms with Gasteiger partial charge in [0.2, 0.25) is 0 Å². The van der Waals surface area contributed by atoms with E-state index < -0.39 is 10.8 Å². The highest BCUT2D eigenvalue weighted by Gasteiger charge is 2.09. The highest BCUT2D eigenvalue weighted by atomic mass is 35.5. The van der Waals surface area contributed by atoms with Gasteiger partial charge < -0.3 is 11.1 Å². The van der Waals surface area contributed by atoms with E-state index in [0.717, 1.165) is 17.7 Å². The molecule has 18 heavy (non-hydrogen) atoms.